The van der Waals surface area contributed by atoms with Gasteiger partial charge in [0.1, 0.15) is 0 Å². The summed E-state index contributed by atoms with van der Waals surface area (Å²) in [6, 6.07) is 1.76. The van der Waals surface area contributed by atoms with Gasteiger partial charge in [-0.25, -0.2) is 0 Å². The minimum absolute atomic E-state index is 0.140. The molecule has 1 aliphatic rings. The number of ether oxygens (including phenoxy) is 3. The number of pyridine rings is 1. The third-order valence-electron chi connectivity index (χ3n) is 3.26. The Bertz CT molecular complexity index is 441. The van der Waals surface area contributed by atoms with Crippen LogP contribution < -0.4 is 9.47 Å². The summed E-state index contributed by atoms with van der Waals surface area (Å²) in [6.45, 7) is 0. The van der Waals surface area contributed by atoms with E-state index >= 15 is 0 Å². The van der Waals surface area contributed by atoms with Crippen molar-refractivity contribution in [3.63, 3.8) is 0 Å². The van der Waals surface area contributed by atoms with E-state index in [2.05, 4.69) is 9.72 Å². The van der Waals surface area contributed by atoms with Crippen molar-refractivity contribution in [1.82, 2.24) is 4.98 Å². The van der Waals surface area contributed by atoms with E-state index in [0.717, 1.165) is 12.8 Å². The standard InChI is InChI=1S/C14H19NO4/c1-17-13-9-15-10(8-14(16)18-2)7-12(13)19-11-5-3-4-6-11/h7,9,11H,3-6,8H2,1-2H3. The highest BCUT2D eigenvalue weighted by Crippen LogP contribution is 2.31. The van der Waals surface area contributed by atoms with Crippen LogP contribution in [0, 0.1) is 0 Å². The summed E-state index contributed by atoms with van der Waals surface area (Å²) in [6.07, 6.45) is 6.50. The molecule has 0 bridgehead atoms. The van der Waals surface area contributed by atoms with E-state index < -0.39 is 0 Å². The molecule has 5 nitrogen and oxygen atoms in total. The third-order valence-corrected chi connectivity index (χ3v) is 3.26. The molecule has 1 aliphatic carbocycles. The number of hydrogen-bond acceptors (Lipinski definition) is 5. The van der Waals surface area contributed by atoms with Gasteiger partial charge < -0.3 is 14.2 Å². The number of rotatable bonds is 5. The molecular weight excluding hydrogens is 246 g/mol. The van der Waals surface area contributed by atoms with Gasteiger partial charge >= 0.3 is 5.97 Å². The van der Waals surface area contributed by atoms with Crippen molar-refractivity contribution in [2.75, 3.05) is 14.2 Å². The summed E-state index contributed by atoms with van der Waals surface area (Å²) in [5.74, 6) is 0.938. The first-order valence-corrected chi connectivity index (χ1v) is 6.49. The van der Waals surface area contributed by atoms with Crippen LogP contribution in [0.5, 0.6) is 11.5 Å². The van der Waals surface area contributed by atoms with E-state index in [0.29, 0.717) is 17.2 Å². The van der Waals surface area contributed by atoms with Gasteiger partial charge in [0.25, 0.3) is 0 Å². The van der Waals surface area contributed by atoms with Crippen LogP contribution in [-0.2, 0) is 16.0 Å². The fraction of sp³-hybridized carbons (Fsp3) is 0.571. The van der Waals surface area contributed by atoms with Gasteiger partial charge in [0.05, 0.1) is 38.6 Å². The molecular formula is C14H19NO4. The van der Waals surface area contributed by atoms with Crippen LogP contribution in [0.15, 0.2) is 12.3 Å². The van der Waals surface area contributed by atoms with Gasteiger partial charge in [0, 0.05) is 6.07 Å². The van der Waals surface area contributed by atoms with Crippen molar-refractivity contribution in [3.05, 3.63) is 18.0 Å². The summed E-state index contributed by atoms with van der Waals surface area (Å²) < 4.78 is 15.8. The fourth-order valence-corrected chi connectivity index (χ4v) is 2.21. The maximum Gasteiger partial charge on any atom is 0.311 e. The molecule has 1 fully saturated rings. The quantitative estimate of drug-likeness (QED) is 0.763. The first-order chi connectivity index (χ1) is 9.22. The smallest absolute Gasteiger partial charge is 0.311 e. The molecule has 5 heteroatoms. The SMILES string of the molecule is COC(=O)Cc1cc(OC2CCCC2)c(OC)cn1. The number of aromatic nitrogens is 1. The van der Waals surface area contributed by atoms with Crippen molar-refractivity contribution in [2.24, 2.45) is 0 Å². The predicted octanol–water partition coefficient (Wildman–Crippen LogP) is 2.13. The Morgan fingerprint density at radius 2 is 2.05 bits per heavy atom. The number of methoxy groups -OCH3 is 2. The van der Waals surface area contributed by atoms with E-state index in [9.17, 15) is 4.79 Å². The van der Waals surface area contributed by atoms with Gasteiger partial charge in [0.15, 0.2) is 11.5 Å². The van der Waals surface area contributed by atoms with Crippen LogP contribution in [-0.4, -0.2) is 31.3 Å². The monoisotopic (exact) mass is 265 g/mol. The zero-order chi connectivity index (χ0) is 13.7. The van der Waals surface area contributed by atoms with Gasteiger partial charge in [-0.2, -0.15) is 0 Å². The molecule has 0 atom stereocenters. The summed E-state index contributed by atoms with van der Waals surface area (Å²) in [5, 5.41) is 0. The maximum absolute atomic E-state index is 11.3. The van der Waals surface area contributed by atoms with Crippen LogP contribution in [0.3, 0.4) is 0 Å². The lowest BCUT2D eigenvalue weighted by molar-refractivity contribution is -0.139. The highest BCUT2D eigenvalue weighted by atomic mass is 16.5. The Labute approximate surface area is 112 Å². The van der Waals surface area contributed by atoms with Crippen LogP contribution in [0.25, 0.3) is 0 Å². The second-order valence-corrected chi connectivity index (χ2v) is 4.60. The molecule has 0 aromatic carbocycles. The van der Waals surface area contributed by atoms with E-state index in [1.54, 1.807) is 19.4 Å². The average Bonchev–Trinajstić information content (AvgIpc) is 2.92. The second-order valence-electron chi connectivity index (χ2n) is 4.60. The van der Waals surface area contributed by atoms with Gasteiger partial charge in [-0.3, -0.25) is 9.78 Å². The highest BCUT2D eigenvalue weighted by Gasteiger charge is 2.19. The van der Waals surface area contributed by atoms with Crippen LogP contribution in [0.4, 0.5) is 0 Å². The first-order valence-electron chi connectivity index (χ1n) is 6.49. The second kappa shape index (κ2) is 6.41. The fourth-order valence-electron chi connectivity index (χ4n) is 2.21. The molecule has 1 aromatic rings. The zero-order valence-electron chi connectivity index (χ0n) is 11.3. The molecule has 0 aliphatic heterocycles. The number of nitrogens with zero attached hydrogens (tertiary/aromatic N) is 1. The summed E-state index contributed by atoms with van der Waals surface area (Å²) >= 11 is 0. The highest BCUT2D eigenvalue weighted by molar-refractivity contribution is 5.72. The van der Waals surface area contributed by atoms with E-state index in [1.165, 1.54) is 20.0 Å². The number of carbonyl (C=O) groups excluding carboxylic acids is 1. The predicted molar refractivity (Wildman–Crippen MR) is 69.4 cm³/mol. The van der Waals surface area contributed by atoms with Gasteiger partial charge in [-0.15, -0.1) is 0 Å². The lowest BCUT2D eigenvalue weighted by Gasteiger charge is -2.16. The van der Waals surface area contributed by atoms with Crippen LogP contribution >= 0.6 is 0 Å². The molecule has 1 heterocycles. The Hall–Kier alpha value is -1.78. The lowest BCUT2D eigenvalue weighted by Crippen LogP contribution is -2.13. The largest absolute Gasteiger partial charge is 0.491 e. The Morgan fingerprint density at radius 1 is 1.32 bits per heavy atom. The molecule has 1 aromatic heterocycles. The molecule has 0 saturated heterocycles. The van der Waals surface area contributed by atoms with Crippen molar-refractivity contribution in [3.8, 4) is 11.5 Å². The topological polar surface area (TPSA) is 57.7 Å². The molecule has 0 spiro atoms. The van der Waals surface area contributed by atoms with Crippen molar-refractivity contribution in [1.29, 1.82) is 0 Å². The molecule has 19 heavy (non-hydrogen) atoms. The van der Waals surface area contributed by atoms with Crippen LogP contribution in [0.2, 0.25) is 0 Å². The molecule has 2 rings (SSSR count). The van der Waals surface area contributed by atoms with E-state index in [1.807, 2.05) is 0 Å². The van der Waals surface area contributed by atoms with E-state index in [4.69, 9.17) is 9.47 Å². The Kier molecular flexibility index (Phi) is 4.60. The van der Waals surface area contributed by atoms with E-state index in [-0.39, 0.29) is 18.5 Å². The molecule has 0 amide bonds. The summed E-state index contributed by atoms with van der Waals surface area (Å²) in [5.41, 5.74) is 0.626. The van der Waals surface area contributed by atoms with Gasteiger partial charge in [-0.1, -0.05) is 0 Å². The Balaban J connectivity index is 2.13. The third kappa shape index (κ3) is 3.59. The number of esters is 1. The minimum atomic E-state index is -0.315. The maximum atomic E-state index is 11.3. The van der Waals surface area contributed by atoms with Crippen molar-refractivity contribution < 1.29 is 19.0 Å². The van der Waals surface area contributed by atoms with Gasteiger partial charge in [0.2, 0.25) is 0 Å². The first kappa shape index (κ1) is 13.6. The molecule has 0 unspecified atom stereocenters. The number of carbonyl (C=O) groups is 1. The van der Waals surface area contributed by atoms with Gasteiger partial charge in [-0.05, 0) is 25.7 Å². The Morgan fingerprint density at radius 3 is 2.68 bits per heavy atom. The molecule has 0 N–H and O–H groups in total. The normalized spacial score (nSPS) is 15.3. The van der Waals surface area contributed by atoms with Crippen molar-refractivity contribution in [2.45, 2.75) is 38.2 Å². The summed E-state index contributed by atoms with van der Waals surface area (Å²) in [7, 11) is 2.94. The number of hydrogen-bond donors (Lipinski definition) is 0. The summed E-state index contributed by atoms with van der Waals surface area (Å²) in [4.78, 5) is 15.4. The lowest BCUT2D eigenvalue weighted by atomic mass is 10.2. The molecule has 1 saturated carbocycles. The average molecular weight is 265 g/mol. The zero-order valence-corrected chi connectivity index (χ0v) is 11.3. The van der Waals surface area contributed by atoms with Crippen molar-refractivity contribution >= 4 is 5.97 Å². The van der Waals surface area contributed by atoms with Crippen LogP contribution in [0.1, 0.15) is 31.4 Å². The minimum Gasteiger partial charge on any atom is -0.491 e. The molecule has 104 valence electrons. The molecule has 0 radical (unpaired) electrons.